The normalized spacial score (nSPS) is 19.3. The molecule has 9 heteroatoms. The average molecular weight is 695 g/mol. The zero-order valence-electron chi connectivity index (χ0n) is 32.5. The first-order valence-corrected chi connectivity index (χ1v) is 18.3. The van der Waals surface area contributed by atoms with E-state index in [0.29, 0.717) is 26.7 Å². The van der Waals surface area contributed by atoms with E-state index in [1.54, 1.807) is 6.20 Å². The number of aromatic nitrogens is 3. The van der Waals surface area contributed by atoms with E-state index in [1.165, 1.54) is 11.3 Å². The fourth-order valence-electron chi connectivity index (χ4n) is 7.79. The maximum Gasteiger partial charge on any atom is 0.188 e. The van der Waals surface area contributed by atoms with Gasteiger partial charge in [0.2, 0.25) is 0 Å². The first kappa shape index (κ1) is 38.3. The van der Waals surface area contributed by atoms with E-state index < -0.39 is 0 Å². The molecular formula is C39H59ClN6OS. The molecule has 0 aliphatic carbocycles. The number of anilines is 3. The molecule has 1 aliphatic rings. The lowest BCUT2D eigenvalue weighted by molar-refractivity contribution is -0.181. The second-order valence-electron chi connectivity index (χ2n) is 18.1. The molecule has 4 rings (SSSR count). The summed E-state index contributed by atoms with van der Waals surface area (Å²) in [7, 11) is 0. The number of carbonyl (C=O) groups is 1. The second-order valence-corrected chi connectivity index (χ2v) is 19.6. The molecule has 0 amide bonds. The Hall–Kier alpha value is -2.55. The maximum atomic E-state index is 13.5. The van der Waals surface area contributed by atoms with Crippen molar-refractivity contribution in [1.82, 2.24) is 19.9 Å². The summed E-state index contributed by atoms with van der Waals surface area (Å²) in [4.78, 5) is 33.7. The van der Waals surface area contributed by atoms with Gasteiger partial charge < -0.3 is 10.2 Å². The number of ketones is 1. The van der Waals surface area contributed by atoms with E-state index in [2.05, 4.69) is 137 Å². The molecule has 264 valence electrons. The lowest BCUT2D eigenvalue weighted by atomic mass is 9.60. The molecule has 1 aliphatic heterocycles. The first-order chi connectivity index (χ1) is 21.6. The van der Waals surface area contributed by atoms with Gasteiger partial charge in [0, 0.05) is 34.1 Å². The molecule has 0 spiro atoms. The Balaban J connectivity index is 1.70. The number of rotatable bonds is 7. The smallest absolute Gasteiger partial charge is 0.188 e. The Morgan fingerprint density at radius 1 is 0.875 bits per heavy atom. The van der Waals surface area contributed by atoms with Gasteiger partial charge in [-0.15, -0.1) is 0 Å². The molecule has 1 saturated heterocycles. The summed E-state index contributed by atoms with van der Waals surface area (Å²) in [5.41, 5.74) is 0.558. The maximum absolute atomic E-state index is 13.5. The highest BCUT2D eigenvalue weighted by Crippen LogP contribution is 2.57. The number of aryl methyl sites for hydroxylation is 1. The van der Waals surface area contributed by atoms with Gasteiger partial charge in [0.25, 0.3) is 0 Å². The van der Waals surface area contributed by atoms with Crippen LogP contribution in [0.2, 0.25) is 5.02 Å². The summed E-state index contributed by atoms with van der Waals surface area (Å²) in [5, 5.41) is 4.62. The van der Waals surface area contributed by atoms with Crippen LogP contribution in [0.15, 0.2) is 30.5 Å². The highest BCUT2D eigenvalue weighted by molar-refractivity contribution is 7.17. The van der Waals surface area contributed by atoms with Crippen LogP contribution in [-0.2, 0) is 11.8 Å². The minimum atomic E-state index is -0.335. The first-order valence-electron chi connectivity index (χ1n) is 17.1. The summed E-state index contributed by atoms with van der Waals surface area (Å²) in [5.74, 6) is 2.15. The number of halogens is 1. The predicted molar refractivity (Wildman–Crippen MR) is 205 cm³/mol. The third-order valence-electron chi connectivity index (χ3n) is 12.0. The van der Waals surface area contributed by atoms with Crippen molar-refractivity contribution >= 4 is 45.5 Å². The van der Waals surface area contributed by atoms with E-state index >= 15 is 0 Å². The van der Waals surface area contributed by atoms with Crippen molar-refractivity contribution in [2.24, 2.45) is 5.41 Å². The van der Waals surface area contributed by atoms with E-state index in [4.69, 9.17) is 21.6 Å². The van der Waals surface area contributed by atoms with E-state index in [9.17, 15) is 4.79 Å². The van der Waals surface area contributed by atoms with Crippen molar-refractivity contribution in [3.8, 4) is 0 Å². The number of hydrogen-bond acceptors (Lipinski definition) is 8. The molecule has 0 bridgehead atoms. The van der Waals surface area contributed by atoms with Crippen molar-refractivity contribution < 1.29 is 4.79 Å². The van der Waals surface area contributed by atoms with Crippen molar-refractivity contribution in [2.75, 3.05) is 10.2 Å². The van der Waals surface area contributed by atoms with Gasteiger partial charge in [0.1, 0.15) is 17.5 Å². The number of Topliss-reactive ketones (excluding diaryl/α,β-unsaturated/α-hetero) is 1. The Labute approximate surface area is 299 Å². The van der Waals surface area contributed by atoms with Crippen LogP contribution in [0, 0.1) is 12.3 Å². The summed E-state index contributed by atoms with van der Waals surface area (Å²) in [6.45, 7) is 39.0. The SMILES string of the molecule is Cc1nc(Nc2ncc(C(=O)Cc3c(Cl)cccc3C(C)(C)C)s2)cc(N2C(C)(C)C(C)(C)N(C(C)(C)C(C)(C)C)C(C)(C)C2(C)C)n1. The Morgan fingerprint density at radius 3 is 1.96 bits per heavy atom. The second kappa shape index (κ2) is 12.1. The summed E-state index contributed by atoms with van der Waals surface area (Å²) in [6.07, 6.45) is 1.86. The molecule has 1 N–H and O–H groups in total. The standard InChI is InChI=1S/C39H59ClN6OS/c1-24-42-30(44-32-41-23-29(48-32)28(47)21-25-26(33(2,3)4)19-18-20-27(25)40)22-31(43-24)45-36(10,11)38(14,15)46(35(8,9)34(5,6)7)39(16,17)37(45,12)13/h18-20,22-23H,21H2,1-17H3,(H,41,42,43,44). The Morgan fingerprint density at radius 2 is 1.44 bits per heavy atom. The van der Waals surface area contributed by atoms with Crippen LogP contribution in [0.25, 0.3) is 0 Å². The molecule has 3 aromatic rings. The summed E-state index contributed by atoms with van der Waals surface area (Å²) < 4.78 is 0. The van der Waals surface area contributed by atoms with Crippen molar-refractivity contribution in [3.05, 3.63) is 57.3 Å². The number of piperazine rings is 1. The number of nitrogens with one attached hydrogen (secondary N) is 1. The van der Waals surface area contributed by atoms with Crippen molar-refractivity contribution in [2.45, 2.75) is 157 Å². The van der Waals surface area contributed by atoms with Gasteiger partial charge in [-0.25, -0.2) is 15.0 Å². The zero-order valence-corrected chi connectivity index (χ0v) is 34.1. The fraction of sp³-hybridized carbons (Fsp3) is 0.641. The number of hydrogen-bond donors (Lipinski definition) is 1. The van der Waals surface area contributed by atoms with Crippen molar-refractivity contribution in [1.29, 1.82) is 0 Å². The topological polar surface area (TPSA) is 74.2 Å². The van der Waals surface area contributed by atoms with Gasteiger partial charge in [0.05, 0.1) is 22.2 Å². The number of benzene rings is 1. The van der Waals surface area contributed by atoms with E-state index in [-0.39, 0.29) is 50.7 Å². The van der Waals surface area contributed by atoms with Crippen LogP contribution >= 0.6 is 22.9 Å². The highest BCUT2D eigenvalue weighted by atomic mass is 35.5. The predicted octanol–water partition coefficient (Wildman–Crippen LogP) is 10.4. The van der Waals surface area contributed by atoms with Crippen LogP contribution in [0.5, 0.6) is 0 Å². The number of nitrogens with zero attached hydrogens (tertiary/aromatic N) is 5. The monoisotopic (exact) mass is 694 g/mol. The molecular weight excluding hydrogens is 636 g/mol. The van der Waals surface area contributed by atoms with Crippen LogP contribution < -0.4 is 10.2 Å². The minimum Gasteiger partial charge on any atom is -0.343 e. The summed E-state index contributed by atoms with van der Waals surface area (Å²) in [6, 6.07) is 7.87. The Kier molecular flexibility index (Phi) is 9.60. The minimum absolute atomic E-state index is 0.0114. The molecule has 2 aromatic heterocycles. The average Bonchev–Trinajstić information content (AvgIpc) is 3.35. The Bertz CT molecular complexity index is 1660. The molecule has 0 radical (unpaired) electrons. The number of thiazole rings is 1. The molecule has 0 saturated carbocycles. The van der Waals surface area contributed by atoms with Gasteiger partial charge in [0.15, 0.2) is 10.9 Å². The lowest BCUT2D eigenvalue weighted by Gasteiger charge is -2.76. The van der Waals surface area contributed by atoms with Gasteiger partial charge in [-0.1, -0.05) is 76.6 Å². The van der Waals surface area contributed by atoms with Gasteiger partial charge in [-0.05, 0) is 104 Å². The van der Waals surface area contributed by atoms with E-state index in [0.717, 1.165) is 16.9 Å². The van der Waals surface area contributed by atoms with Crippen LogP contribution in [0.4, 0.5) is 16.8 Å². The molecule has 3 heterocycles. The fourth-order valence-corrected chi connectivity index (χ4v) is 8.79. The highest BCUT2D eigenvalue weighted by Gasteiger charge is 2.67. The van der Waals surface area contributed by atoms with Crippen LogP contribution in [-0.4, -0.2) is 53.3 Å². The van der Waals surface area contributed by atoms with Gasteiger partial charge in [-0.2, -0.15) is 0 Å². The zero-order chi connectivity index (χ0) is 36.6. The van der Waals surface area contributed by atoms with Gasteiger partial charge >= 0.3 is 0 Å². The quantitative estimate of drug-likeness (QED) is 0.247. The summed E-state index contributed by atoms with van der Waals surface area (Å²) >= 11 is 7.93. The molecule has 7 nitrogen and oxygen atoms in total. The largest absolute Gasteiger partial charge is 0.343 e. The molecule has 48 heavy (non-hydrogen) atoms. The van der Waals surface area contributed by atoms with Crippen molar-refractivity contribution in [3.63, 3.8) is 0 Å². The van der Waals surface area contributed by atoms with E-state index in [1.807, 2.05) is 25.1 Å². The molecule has 0 unspecified atom stereocenters. The molecule has 1 aromatic carbocycles. The lowest BCUT2D eigenvalue weighted by Crippen LogP contribution is -2.88. The molecule has 1 fully saturated rings. The van der Waals surface area contributed by atoms with Crippen LogP contribution in [0.1, 0.15) is 137 Å². The van der Waals surface area contributed by atoms with Crippen LogP contribution in [0.3, 0.4) is 0 Å². The molecule has 0 atom stereocenters. The number of carbonyl (C=O) groups excluding carboxylic acids is 1. The third-order valence-corrected chi connectivity index (χ3v) is 13.3. The van der Waals surface area contributed by atoms with Gasteiger partial charge in [-0.3, -0.25) is 9.69 Å². The third kappa shape index (κ3) is 6.30.